The summed E-state index contributed by atoms with van der Waals surface area (Å²) in [6, 6.07) is 9.34. The topological polar surface area (TPSA) is 17.1 Å². The van der Waals surface area contributed by atoms with Crippen molar-refractivity contribution in [1.29, 1.82) is 0 Å². The first kappa shape index (κ1) is 13.2. The first-order valence-electron chi connectivity index (χ1n) is 5.25. The maximum absolute atomic E-state index is 13.4. The first-order chi connectivity index (χ1) is 8.49. The zero-order chi connectivity index (χ0) is 13.3. The Hall–Kier alpha value is -1.19. The maximum atomic E-state index is 13.4. The molecule has 18 heavy (non-hydrogen) atoms. The quantitative estimate of drug-likeness (QED) is 0.725. The second kappa shape index (κ2) is 5.21. The third-order valence-corrected chi connectivity index (χ3v) is 3.85. The molecule has 2 aromatic carbocycles. The van der Waals surface area contributed by atoms with Crippen LogP contribution in [0.2, 0.25) is 5.02 Å². The molecule has 1 nitrogen and oxygen atoms in total. The molecule has 0 aromatic heterocycles. The highest BCUT2D eigenvalue weighted by molar-refractivity contribution is 9.10. The van der Waals surface area contributed by atoms with Crippen LogP contribution in [0.25, 0.3) is 0 Å². The Balaban J connectivity index is 2.41. The van der Waals surface area contributed by atoms with Gasteiger partial charge in [0.1, 0.15) is 5.82 Å². The second-order valence-electron chi connectivity index (χ2n) is 3.92. The molecule has 0 radical (unpaired) electrons. The third-order valence-electron chi connectivity index (χ3n) is 2.62. The highest BCUT2D eigenvalue weighted by Crippen LogP contribution is 2.24. The van der Waals surface area contributed by atoms with Gasteiger partial charge in [-0.2, -0.15) is 0 Å². The minimum atomic E-state index is -0.385. The number of aryl methyl sites for hydroxylation is 1. The van der Waals surface area contributed by atoms with Gasteiger partial charge in [-0.25, -0.2) is 4.39 Å². The Morgan fingerprint density at radius 2 is 1.78 bits per heavy atom. The summed E-state index contributed by atoms with van der Waals surface area (Å²) in [7, 11) is 0. The van der Waals surface area contributed by atoms with Gasteiger partial charge in [0.25, 0.3) is 0 Å². The van der Waals surface area contributed by atoms with Gasteiger partial charge in [-0.15, -0.1) is 0 Å². The van der Waals surface area contributed by atoms with Crippen molar-refractivity contribution in [1.82, 2.24) is 0 Å². The third kappa shape index (κ3) is 2.62. The van der Waals surface area contributed by atoms with Crippen LogP contribution in [0.3, 0.4) is 0 Å². The maximum Gasteiger partial charge on any atom is 0.193 e. The fourth-order valence-corrected chi connectivity index (χ4v) is 1.97. The molecule has 0 unspecified atom stereocenters. The Morgan fingerprint density at radius 1 is 1.17 bits per heavy atom. The van der Waals surface area contributed by atoms with Crippen molar-refractivity contribution in [3.63, 3.8) is 0 Å². The van der Waals surface area contributed by atoms with Crippen molar-refractivity contribution in [3.05, 3.63) is 68.4 Å². The Labute approximate surface area is 118 Å². The van der Waals surface area contributed by atoms with E-state index in [4.69, 9.17) is 11.6 Å². The van der Waals surface area contributed by atoms with Crippen molar-refractivity contribution in [2.24, 2.45) is 0 Å². The van der Waals surface area contributed by atoms with E-state index in [1.165, 1.54) is 6.07 Å². The molecule has 2 aromatic rings. The van der Waals surface area contributed by atoms with Crippen LogP contribution in [0.4, 0.5) is 4.39 Å². The molecule has 0 atom stereocenters. The summed E-state index contributed by atoms with van der Waals surface area (Å²) in [5, 5.41) is 0.452. The Morgan fingerprint density at radius 3 is 2.39 bits per heavy atom. The van der Waals surface area contributed by atoms with Gasteiger partial charge in [-0.3, -0.25) is 4.79 Å². The Bertz CT molecular complexity index is 572. The van der Waals surface area contributed by atoms with Crippen LogP contribution in [-0.2, 0) is 0 Å². The van der Waals surface area contributed by atoms with Crippen molar-refractivity contribution in [2.75, 3.05) is 0 Å². The highest BCUT2D eigenvalue weighted by Gasteiger charge is 2.12. The van der Waals surface area contributed by atoms with E-state index >= 15 is 0 Å². The lowest BCUT2D eigenvalue weighted by Gasteiger charge is -2.04. The zero-order valence-electron chi connectivity index (χ0n) is 9.51. The first-order valence-corrected chi connectivity index (χ1v) is 6.42. The number of hydrogen-bond acceptors (Lipinski definition) is 1. The number of benzene rings is 2. The summed E-state index contributed by atoms with van der Waals surface area (Å²) >= 11 is 9.18. The standard InChI is InChI=1S/C14H9BrClFO/c1-8-2-3-10(7-13(8)17)14(18)9-4-5-11(15)12(16)6-9/h2-7H,1H3. The Kier molecular flexibility index (Phi) is 3.83. The van der Waals surface area contributed by atoms with E-state index in [1.54, 1.807) is 37.3 Å². The zero-order valence-corrected chi connectivity index (χ0v) is 11.8. The minimum absolute atomic E-state index is 0.247. The normalized spacial score (nSPS) is 10.4. The minimum Gasteiger partial charge on any atom is -0.289 e. The van der Waals surface area contributed by atoms with E-state index < -0.39 is 0 Å². The molecule has 0 amide bonds. The number of hydrogen-bond donors (Lipinski definition) is 0. The van der Waals surface area contributed by atoms with Crippen LogP contribution in [0.5, 0.6) is 0 Å². The summed E-state index contributed by atoms with van der Waals surface area (Å²) in [6.07, 6.45) is 0. The lowest BCUT2D eigenvalue weighted by atomic mass is 10.0. The molecule has 0 saturated heterocycles. The van der Waals surface area contributed by atoms with Gasteiger partial charge >= 0.3 is 0 Å². The number of carbonyl (C=O) groups is 1. The summed E-state index contributed by atoms with van der Waals surface area (Å²) in [6.45, 7) is 1.65. The summed E-state index contributed by atoms with van der Waals surface area (Å²) in [5.41, 5.74) is 1.27. The molecule has 0 saturated carbocycles. The molecule has 4 heteroatoms. The van der Waals surface area contributed by atoms with E-state index in [9.17, 15) is 9.18 Å². The van der Waals surface area contributed by atoms with E-state index in [1.807, 2.05) is 0 Å². The predicted molar refractivity (Wildman–Crippen MR) is 73.7 cm³/mol. The van der Waals surface area contributed by atoms with Crippen molar-refractivity contribution in [2.45, 2.75) is 6.92 Å². The molecule has 0 aliphatic rings. The number of halogens is 3. The number of carbonyl (C=O) groups excluding carboxylic acids is 1. The van der Waals surface area contributed by atoms with E-state index in [-0.39, 0.29) is 11.6 Å². The van der Waals surface area contributed by atoms with E-state index in [0.29, 0.717) is 21.7 Å². The largest absolute Gasteiger partial charge is 0.289 e. The lowest BCUT2D eigenvalue weighted by molar-refractivity contribution is 0.103. The van der Waals surface area contributed by atoms with Crippen molar-refractivity contribution in [3.8, 4) is 0 Å². The van der Waals surface area contributed by atoms with Gasteiger partial charge in [0, 0.05) is 15.6 Å². The molecule has 92 valence electrons. The van der Waals surface area contributed by atoms with Crippen LogP contribution in [0.1, 0.15) is 21.5 Å². The average Bonchev–Trinajstić information content (AvgIpc) is 2.35. The fourth-order valence-electron chi connectivity index (χ4n) is 1.54. The molecule has 0 aliphatic heterocycles. The van der Waals surface area contributed by atoms with Gasteiger partial charge in [-0.05, 0) is 52.7 Å². The molecule has 0 spiro atoms. The molecule has 0 N–H and O–H groups in total. The predicted octanol–water partition coefficient (Wildman–Crippen LogP) is 4.78. The molecule has 0 fully saturated rings. The SMILES string of the molecule is Cc1ccc(C(=O)c2ccc(Br)c(Cl)c2)cc1F. The highest BCUT2D eigenvalue weighted by atomic mass is 79.9. The fraction of sp³-hybridized carbons (Fsp3) is 0.0714. The van der Waals surface area contributed by atoms with Gasteiger partial charge in [0.15, 0.2) is 5.78 Å². The summed E-state index contributed by atoms with van der Waals surface area (Å²) < 4.78 is 14.1. The average molecular weight is 328 g/mol. The number of ketones is 1. The van der Waals surface area contributed by atoms with Crippen LogP contribution in [0.15, 0.2) is 40.9 Å². The van der Waals surface area contributed by atoms with Crippen LogP contribution >= 0.6 is 27.5 Å². The smallest absolute Gasteiger partial charge is 0.193 e. The van der Waals surface area contributed by atoms with Crippen molar-refractivity contribution >= 4 is 33.3 Å². The number of rotatable bonds is 2. The van der Waals surface area contributed by atoms with Gasteiger partial charge in [-0.1, -0.05) is 23.7 Å². The molecule has 0 heterocycles. The van der Waals surface area contributed by atoms with Gasteiger partial charge in [0.05, 0.1) is 5.02 Å². The molecular formula is C14H9BrClFO. The molecule has 0 bridgehead atoms. The molecular weight excluding hydrogens is 319 g/mol. The van der Waals surface area contributed by atoms with Crippen LogP contribution in [0, 0.1) is 12.7 Å². The molecule has 2 rings (SSSR count). The van der Waals surface area contributed by atoms with Crippen LogP contribution in [-0.4, -0.2) is 5.78 Å². The monoisotopic (exact) mass is 326 g/mol. The van der Waals surface area contributed by atoms with E-state index in [2.05, 4.69) is 15.9 Å². The summed E-state index contributed by atoms with van der Waals surface area (Å²) in [4.78, 5) is 12.1. The second-order valence-corrected chi connectivity index (χ2v) is 5.18. The van der Waals surface area contributed by atoms with Crippen LogP contribution < -0.4 is 0 Å². The van der Waals surface area contributed by atoms with Crippen molar-refractivity contribution < 1.29 is 9.18 Å². The van der Waals surface area contributed by atoms with Gasteiger partial charge in [0.2, 0.25) is 0 Å². The lowest BCUT2D eigenvalue weighted by Crippen LogP contribution is -2.02. The van der Waals surface area contributed by atoms with Gasteiger partial charge < -0.3 is 0 Å². The molecule has 0 aliphatic carbocycles. The van der Waals surface area contributed by atoms with E-state index in [0.717, 1.165) is 4.47 Å². The summed E-state index contributed by atoms with van der Waals surface area (Å²) in [5.74, 6) is -0.632.